The molecule has 34 heavy (non-hydrogen) atoms. The SMILES string of the molecule is Clc1ccnc(Cl)n1.Clc1ccnc(N2CCOCC2)n1.Clc1nccc(N2CCOCC2)n1. The van der Waals surface area contributed by atoms with Gasteiger partial charge in [0.15, 0.2) is 0 Å². The molecule has 182 valence electrons. The first-order valence-electron chi connectivity index (χ1n) is 10.3. The number of nitrogens with zero attached hydrogens (tertiary/aromatic N) is 8. The van der Waals surface area contributed by atoms with E-state index in [0.29, 0.717) is 21.5 Å². The fourth-order valence-corrected chi connectivity index (χ4v) is 3.45. The van der Waals surface area contributed by atoms with Crippen molar-refractivity contribution < 1.29 is 9.47 Å². The second-order valence-electron chi connectivity index (χ2n) is 6.71. The summed E-state index contributed by atoms with van der Waals surface area (Å²) < 4.78 is 10.5. The van der Waals surface area contributed by atoms with Crippen molar-refractivity contribution >= 4 is 58.2 Å². The van der Waals surface area contributed by atoms with Crippen molar-refractivity contribution in [1.29, 1.82) is 0 Å². The Labute approximate surface area is 217 Å². The standard InChI is InChI=1S/2C8H10ClN3O.C4H2Cl2N2/c9-8-10-2-1-7(11-8)12-3-5-13-6-4-12;9-7-1-2-10-8(11-7)12-3-5-13-6-4-12;5-3-1-2-7-4(6)8-3/h2*1-2H,3-6H2;1-2H. The highest BCUT2D eigenvalue weighted by atomic mass is 35.5. The fraction of sp³-hybridized carbons (Fsp3) is 0.400. The van der Waals surface area contributed by atoms with Crippen molar-refractivity contribution in [3.05, 3.63) is 57.7 Å². The number of hydrogen-bond donors (Lipinski definition) is 0. The Balaban J connectivity index is 0.000000148. The topological polar surface area (TPSA) is 102 Å². The first kappa shape index (κ1) is 26.5. The predicted octanol–water partition coefficient (Wildman–Crippen LogP) is 3.72. The molecular weight excluding hydrogens is 526 g/mol. The minimum absolute atomic E-state index is 0.178. The molecular formula is C20H22Cl4N8O2. The number of halogens is 4. The monoisotopic (exact) mass is 546 g/mol. The first-order chi connectivity index (χ1) is 16.5. The lowest BCUT2D eigenvalue weighted by atomic mass is 10.4. The fourth-order valence-electron chi connectivity index (χ4n) is 2.85. The van der Waals surface area contributed by atoms with Crippen molar-refractivity contribution in [3.63, 3.8) is 0 Å². The predicted molar refractivity (Wildman–Crippen MR) is 132 cm³/mol. The normalized spacial score (nSPS) is 15.5. The summed E-state index contributed by atoms with van der Waals surface area (Å²) in [6, 6.07) is 5.09. The number of aromatic nitrogens is 6. The molecule has 0 radical (unpaired) electrons. The van der Waals surface area contributed by atoms with E-state index in [9.17, 15) is 0 Å². The van der Waals surface area contributed by atoms with Crippen LogP contribution in [-0.4, -0.2) is 82.5 Å². The Hall–Kier alpha value is -2.08. The van der Waals surface area contributed by atoms with E-state index in [1.807, 2.05) is 6.07 Å². The maximum absolute atomic E-state index is 5.76. The molecule has 10 nitrogen and oxygen atoms in total. The van der Waals surface area contributed by atoms with Gasteiger partial charge < -0.3 is 19.3 Å². The molecule has 0 spiro atoms. The molecule has 0 bridgehead atoms. The molecule has 0 aliphatic carbocycles. The number of anilines is 2. The van der Waals surface area contributed by atoms with Gasteiger partial charge >= 0.3 is 0 Å². The summed E-state index contributed by atoms with van der Waals surface area (Å²) in [5.41, 5.74) is 0. The third-order valence-corrected chi connectivity index (χ3v) is 5.23. The molecule has 2 saturated heterocycles. The van der Waals surface area contributed by atoms with Crippen LogP contribution in [-0.2, 0) is 9.47 Å². The third-order valence-electron chi connectivity index (χ3n) is 4.44. The molecule has 0 saturated carbocycles. The molecule has 5 rings (SSSR count). The highest BCUT2D eigenvalue weighted by molar-refractivity contribution is 6.31. The molecule has 2 aliphatic rings. The van der Waals surface area contributed by atoms with E-state index in [1.54, 1.807) is 24.5 Å². The molecule has 14 heteroatoms. The van der Waals surface area contributed by atoms with Crippen LogP contribution in [0, 0.1) is 0 Å². The van der Waals surface area contributed by atoms with E-state index in [-0.39, 0.29) is 5.28 Å². The van der Waals surface area contributed by atoms with Crippen LogP contribution >= 0.6 is 46.4 Å². The Morgan fingerprint density at radius 1 is 0.588 bits per heavy atom. The van der Waals surface area contributed by atoms with Gasteiger partial charge in [0.2, 0.25) is 16.5 Å². The van der Waals surface area contributed by atoms with E-state index in [4.69, 9.17) is 55.9 Å². The van der Waals surface area contributed by atoms with Crippen LogP contribution in [0.25, 0.3) is 0 Å². The van der Waals surface area contributed by atoms with Gasteiger partial charge in [-0.05, 0) is 41.4 Å². The lowest BCUT2D eigenvalue weighted by Crippen LogP contribution is -2.37. The molecule has 0 atom stereocenters. The minimum Gasteiger partial charge on any atom is -0.378 e. The summed E-state index contributed by atoms with van der Waals surface area (Å²) >= 11 is 22.2. The van der Waals surface area contributed by atoms with Crippen LogP contribution in [0.1, 0.15) is 0 Å². The maximum Gasteiger partial charge on any atom is 0.226 e. The minimum atomic E-state index is 0.178. The second-order valence-corrected chi connectivity index (χ2v) is 8.16. The van der Waals surface area contributed by atoms with E-state index >= 15 is 0 Å². The van der Waals surface area contributed by atoms with Gasteiger partial charge in [-0.3, -0.25) is 0 Å². The van der Waals surface area contributed by atoms with E-state index in [1.165, 1.54) is 6.20 Å². The summed E-state index contributed by atoms with van der Waals surface area (Å²) in [6.45, 7) is 6.37. The highest BCUT2D eigenvalue weighted by Crippen LogP contribution is 2.14. The van der Waals surface area contributed by atoms with Crippen molar-refractivity contribution in [2.24, 2.45) is 0 Å². The van der Waals surface area contributed by atoms with Crippen LogP contribution < -0.4 is 9.80 Å². The van der Waals surface area contributed by atoms with Gasteiger partial charge in [-0.15, -0.1) is 0 Å². The molecule has 2 aliphatic heterocycles. The Morgan fingerprint density at radius 3 is 1.59 bits per heavy atom. The first-order valence-corrected chi connectivity index (χ1v) is 11.8. The zero-order valence-corrected chi connectivity index (χ0v) is 21.1. The highest BCUT2D eigenvalue weighted by Gasteiger charge is 2.13. The van der Waals surface area contributed by atoms with Gasteiger partial charge in [-0.25, -0.2) is 29.9 Å². The van der Waals surface area contributed by atoms with Crippen LogP contribution in [0.5, 0.6) is 0 Å². The molecule has 0 aromatic carbocycles. The Bertz CT molecular complexity index is 946. The van der Waals surface area contributed by atoms with Gasteiger partial charge in [0.1, 0.15) is 16.1 Å². The Kier molecular flexibility index (Phi) is 11.2. The molecule has 5 heterocycles. The lowest BCUT2D eigenvalue weighted by Gasteiger charge is -2.27. The summed E-state index contributed by atoms with van der Waals surface area (Å²) in [5, 5.41) is 1.32. The molecule has 0 N–H and O–H groups in total. The second kappa shape index (κ2) is 14.3. The van der Waals surface area contributed by atoms with Crippen LogP contribution in [0.15, 0.2) is 36.8 Å². The average Bonchev–Trinajstić information content (AvgIpc) is 2.86. The molecule has 0 amide bonds. The van der Waals surface area contributed by atoms with E-state index < -0.39 is 0 Å². The summed E-state index contributed by atoms with van der Waals surface area (Å²) in [7, 11) is 0. The molecule has 3 aromatic heterocycles. The van der Waals surface area contributed by atoms with Crippen molar-refractivity contribution in [2.75, 3.05) is 62.4 Å². The third kappa shape index (κ3) is 9.28. The van der Waals surface area contributed by atoms with Gasteiger partial charge in [-0.1, -0.05) is 23.2 Å². The molecule has 0 unspecified atom stereocenters. The van der Waals surface area contributed by atoms with Crippen LogP contribution in [0.2, 0.25) is 20.9 Å². The summed E-state index contributed by atoms with van der Waals surface area (Å²) in [6.07, 6.45) is 4.83. The van der Waals surface area contributed by atoms with E-state index in [2.05, 4.69) is 39.7 Å². The molecule has 2 fully saturated rings. The number of morpholine rings is 2. The van der Waals surface area contributed by atoms with Crippen LogP contribution in [0.4, 0.5) is 11.8 Å². The summed E-state index contributed by atoms with van der Waals surface area (Å²) in [5.74, 6) is 1.57. The van der Waals surface area contributed by atoms with Gasteiger partial charge in [0, 0.05) is 44.8 Å². The zero-order valence-electron chi connectivity index (χ0n) is 18.0. The molecule has 3 aromatic rings. The lowest BCUT2D eigenvalue weighted by molar-refractivity contribution is 0.122. The maximum atomic E-state index is 5.76. The average molecular weight is 548 g/mol. The van der Waals surface area contributed by atoms with Crippen molar-refractivity contribution in [3.8, 4) is 0 Å². The van der Waals surface area contributed by atoms with E-state index in [0.717, 1.165) is 58.4 Å². The van der Waals surface area contributed by atoms with Gasteiger partial charge in [0.05, 0.1) is 26.4 Å². The number of ether oxygens (including phenoxy) is 2. The quantitative estimate of drug-likeness (QED) is 0.348. The van der Waals surface area contributed by atoms with Crippen molar-refractivity contribution in [2.45, 2.75) is 0 Å². The summed E-state index contributed by atoms with van der Waals surface area (Å²) in [4.78, 5) is 27.6. The largest absolute Gasteiger partial charge is 0.378 e. The van der Waals surface area contributed by atoms with Gasteiger partial charge in [-0.2, -0.15) is 0 Å². The van der Waals surface area contributed by atoms with Crippen molar-refractivity contribution in [1.82, 2.24) is 29.9 Å². The number of rotatable bonds is 2. The Morgan fingerprint density at radius 2 is 1.09 bits per heavy atom. The van der Waals surface area contributed by atoms with Crippen LogP contribution in [0.3, 0.4) is 0 Å². The smallest absolute Gasteiger partial charge is 0.226 e. The zero-order chi connectivity index (χ0) is 24.2. The number of hydrogen-bond acceptors (Lipinski definition) is 10. The van der Waals surface area contributed by atoms with Gasteiger partial charge in [0.25, 0.3) is 0 Å².